The predicted molar refractivity (Wildman–Crippen MR) is 82.5 cm³/mol. The van der Waals surface area contributed by atoms with Gasteiger partial charge in [-0.05, 0) is 32.0 Å². The average molecular weight is 331 g/mol. The van der Waals surface area contributed by atoms with Crippen LogP contribution in [0.15, 0.2) is 23.1 Å². The molecule has 1 aliphatic rings. The molecule has 2 atom stereocenters. The number of nitrogens with one attached hydrogen (secondary N) is 1. The molecule has 0 saturated carbocycles. The quantitative estimate of drug-likeness (QED) is 0.893. The minimum atomic E-state index is -3.37. The molecule has 7 heteroatoms. The second-order valence-corrected chi connectivity index (χ2v) is 8.02. The van der Waals surface area contributed by atoms with Crippen LogP contribution in [-0.4, -0.2) is 50.7 Å². The van der Waals surface area contributed by atoms with Gasteiger partial charge in [0.15, 0.2) is 9.84 Å². The van der Waals surface area contributed by atoms with Crippen molar-refractivity contribution in [1.29, 1.82) is 0 Å². The van der Waals surface area contributed by atoms with Crippen LogP contribution < -0.4 is 5.32 Å². The fourth-order valence-electron chi connectivity index (χ4n) is 2.56. The number of piperazine rings is 1. The SMILES string of the molecule is C[C@@H]1CN(C(=O)c2cc(S(C)(=O)=O)ccc2Cl)C[C@@H](C)N1. The fourth-order valence-corrected chi connectivity index (χ4v) is 3.41. The van der Waals surface area contributed by atoms with Crippen molar-refractivity contribution in [3.05, 3.63) is 28.8 Å². The summed E-state index contributed by atoms with van der Waals surface area (Å²) in [5.41, 5.74) is 0.237. The Bertz CT molecular complexity index is 650. The van der Waals surface area contributed by atoms with Gasteiger partial charge in [0, 0.05) is 31.4 Å². The van der Waals surface area contributed by atoms with Gasteiger partial charge >= 0.3 is 0 Å². The zero-order valence-electron chi connectivity index (χ0n) is 12.3. The first kappa shape index (κ1) is 16.3. The standard InChI is InChI=1S/C14H19ClN2O3S/c1-9-7-17(8-10(2)16-9)14(18)12-6-11(21(3,19)20)4-5-13(12)15/h4-6,9-10,16H,7-8H2,1-3H3/t9-,10-/m1/s1. The highest BCUT2D eigenvalue weighted by atomic mass is 35.5. The van der Waals surface area contributed by atoms with Crippen LogP contribution in [0.1, 0.15) is 24.2 Å². The van der Waals surface area contributed by atoms with Crippen molar-refractivity contribution in [3.63, 3.8) is 0 Å². The van der Waals surface area contributed by atoms with E-state index in [9.17, 15) is 13.2 Å². The van der Waals surface area contributed by atoms with Crippen LogP contribution in [-0.2, 0) is 9.84 Å². The van der Waals surface area contributed by atoms with Gasteiger partial charge in [-0.15, -0.1) is 0 Å². The molecule has 0 spiro atoms. The highest BCUT2D eigenvalue weighted by Gasteiger charge is 2.27. The van der Waals surface area contributed by atoms with Crippen molar-refractivity contribution in [2.45, 2.75) is 30.8 Å². The van der Waals surface area contributed by atoms with Crippen LogP contribution in [0, 0.1) is 0 Å². The largest absolute Gasteiger partial charge is 0.335 e. The third-order valence-electron chi connectivity index (χ3n) is 3.44. The number of rotatable bonds is 2. The van der Waals surface area contributed by atoms with Crippen LogP contribution in [0.2, 0.25) is 5.02 Å². The minimum Gasteiger partial charge on any atom is -0.335 e. The normalized spacial score (nSPS) is 23.1. The number of sulfone groups is 1. The average Bonchev–Trinajstić information content (AvgIpc) is 2.36. The zero-order chi connectivity index (χ0) is 15.8. The van der Waals surface area contributed by atoms with Crippen molar-refractivity contribution in [2.75, 3.05) is 19.3 Å². The summed E-state index contributed by atoms with van der Waals surface area (Å²) in [6, 6.07) is 4.61. The highest BCUT2D eigenvalue weighted by Crippen LogP contribution is 2.23. The molecule has 0 radical (unpaired) electrons. The lowest BCUT2D eigenvalue weighted by atomic mass is 10.1. The lowest BCUT2D eigenvalue weighted by molar-refractivity contribution is 0.0673. The predicted octanol–water partition coefficient (Wildman–Crippen LogP) is 1.57. The maximum absolute atomic E-state index is 12.6. The Labute approximate surface area is 130 Å². The minimum absolute atomic E-state index is 0.103. The van der Waals surface area contributed by atoms with Gasteiger partial charge in [0.05, 0.1) is 15.5 Å². The van der Waals surface area contributed by atoms with Crippen LogP contribution in [0.5, 0.6) is 0 Å². The van der Waals surface area contributed by atoms with E-state index in [1.807, 2.05) is 13.8 Å². The first-order chi connectivity index (χ1) is 9.68. The molecule has 1 fully saturated rings. The molecule has 1 heterocycles. The first-order valence-corrected chi connectivity index (χ1v) is 9.00. The van der Waals surface area contributed by atoms with Gasteiger partial charge in [0.2, 0.25) is 0 Å². The summed E-state index contributed by atoms with van der Waals surface area (Å²) in [4.78, 5) is 14.4. The Morgan fingerprint density at radius 3 is 2.38 bits per heavy atom. The summed E-state index contributed by atoms with van der Waals surface area (Å²) in [6.45, 7) is 5.15. The number of benzene rings is 1. The van der Waals surface area contributed by atoms with E-state index in [1.165, 1.54) is 18.2 Å². The third-order valence-corrected chi connectivity index (χ3v) is 4.88. The Balaban J connectivity index is 2.34. The zero-order valence-corrected chi connectivity index (χ0v) is 13.8. The Hall–Kier alpha value is -1.11. The van der Waals surface area contributed by atoms with Gasteiger partial charge in [0.25, 0.3) is 5.91 Å². The first-order valence-electron chi connectivity index (χ1n) is 6.73. The molecule has 116 valence electrons. The Kier molecular flexibility index (Phi) is 4.60. The monoisotopic (exact) mass is 330 g/mol. The maximum atomic E-state index is 12.6. The van der Waals surface area contributed by atoms with Crippen molar-refractivity contribution in [3.8, 4) is 0 Å². The second kappa shape index (κ2) is 5.94. The molecule has 0 aliphatic carbocycles. The number of hydrogen-bond acceptors (Lipinski definition) is 4. The van der Waals surface area contributed by atoms with E-state index >= 15 is 0 Å². The molecule has 0 unspecified atom stereocenters. The topological polar surface area (TPSA) is 66.5 Å². The summed E-state index contributed by atoms with van der Waals surface area (Å²) in [5.74, 6) is -0.231. The molecule has 1 N–H and O–H groups in total. The highest BCUT2D eigenvalue weighted by molar-refractivity contribution is 7.90. The number of amides is 1. The number of carbonyl (C=O) groups excluding carboxylic acids is 1. The van der Waals surface area contributed by atoms with E-state index in [1.54, 1.807) is 4.90 Å². The Morgan fingerprint density at radius 2 is 1.86 bits per heavy atom. The molecule has 5 nitrogen and oxygen atoms in total. The third kappa shape index (κ3) is 3.75. The lowest BCUT2D eigenvalue weighted by Crippen LogP contribution is -2.55. The van der Waals surface area contributed by atoms with Gasteiger partial charge in [-0.25, -0.2) is 8.42 Å². The number of nitrogens with zero attached hydrogens (tertiary/aromatic N) is 1. The molecule has 1 aromatic rings. The van der Waals surface area contributed by atoms with E-state index in [4.69, 9.17) is 11.6 Å². The van der Waals surface area contributed by atoms with Crippen LogP contribution >= 0.6 is 11.6 Å². The second-order valence-electron chi connectivity index (χ2n) is 5.59. The van der Waals surface area contributed by atoms with Gasteiger partial charge in [0.1, 0.15) is 0 Å². The van der Waals surface area contributed by atoms with Gasteiger partial charge in [-0.1, -0.05) is 11.6 Å². The fraction of sp³-hybridized carbons (Fsp3) is 0.500. The van der Waals surface area contributed by atoms with Crippen LogP contribution in [0.25, 0.3) is 0 Å². The van der Waals surface area contributed by atoms with Crippen LogP contribution in [0.4, 0.5) is 0 Å². The summed E-state index contributed by atoms with van der Waals surface area (Å²) < 4.78 is 23.2. The molecule has 1 amide bonds. The molecule has 0 bridgehead atoms. The molecule has 1 aliphatic heterocycles. The lowest BCUT2D eigenvalue weighted by Gasteiger charge is -2.36. The summed E-state index contributed by atoms with van der Waals surface area (Å²) in [7, 11) is -3.37. The van der Waals surface area contributed by atoms with E-state index < -0.39 is 9.84 Å². The summed E-state index contributed by atoms with van der Waals surface area (Å²) in [5, 5.41) is 3.61. The van der Waals surface area contributed by atoms with Crippen molar-refractivity contribution in [1.82, 2.24) is 10.2 Å². The van der Waals surface area contributed by atoms with Crippen molar-refractivity contribution < 1.29 is 13.2 Å². The van der Waals surface area contributed by atoms with Crippen molar-refractivity contribution in [2.24, 2.45) is 0 Å². The van der Waals surface area contributed by atoms with Gasteiger partial charge in [-0.3, -0.25) is 4.79 Å². The van der Waals surface area contributed by atoms with Gasteiger partial charge < -0.3 is 10.2 Å². The smallest absolute Gasteiger partial charge is 0.255 e. The Morgan fingerprint density at radius 1 is 1.29 bits per heavy atom. The van der Waals surface area contributed by atoms with Crippen molar-refractivity contribution >= 4 is 27.3 Å². The molecule has 1 aromatic carbocycles. The van der Waals surface area contributed by atoms with Crippen LogP contribution in [0.3, 0.4) is 0 Å². The summed E-state index contributed by atoms with van der Waals surface area (Å²) >= 11 is 6.08. The van der Waals surface area contributed by atoms with E-state index in [0.29, 0.717) is 13.1 Å². The van der Waals surface area contributed by atoms with E-state index in [-0.39, 0.29) is 33.5 Å². The number of carbonyl (C=O) groups is 1. The molecule has 2 rings (SSSR count). The molecule has 21 heavy (non-hydrogen) atoms. The maximum Gasteiger partial charge on any atom is 0.255 e. The number of halogens is 1. The molecular weight excluding hydrogens is 312 g/mol. The number of hydrogen-bond donors (Lipinski definition) is 1. The molecule has 0 aromatic heterocycles. The van der Waals surface area contributed by atoms with E-state index in [2.05, 4.69) is 5.32 Å². The molecular formula is C14H19ClN2O3S. The van der Waals surface area contributed by atoms with Gasteiger partial charge in [-0.2, -0.15) is 0 Å². The van der Waals surface area contributed by atoms with E-state index in [0.717, 1.165) is 6.26 Å². The summed E-state index contributed by atoms with van der Waals surface area (Å²) in [6.07, 6.45) is 1.11. The molecule has 1 saturated heterocycles.